The number of amides is 1. The Morgan fingerprint density at radius 2 is 1.96 bits per heavy atom. The number of hydrogen-bond acceptors (Lipinski definition) is 4. The summed E-state index contributed by atoms with van der Waals surface area (Å²) in [5.74, 6) is 0.432. The van der Waals surface area contributed by atoms with Crippen LogP contribution in [-0.4, -0.2) is 17.5 Å². The monoisotopic (exact) mass is 464 g/mol. The Morgan fingerprint density at radius 3 is 2.67 bits per heavy atom. The normalized spacial score (nSPS) is 10.7. The highest BCUT2D eigenvalue weighted by atomic mass is 79.9. The molecule has 0 saturated heterocycles. The largest absolute Gasteiger partial charge is 0.484 e. The standard InChI is InChI=1S/C20H18BrClN2O2S/c1-12-3-6-15(7-4-12)26-11-19(25)24-20-23-13(2)18(27-20)10-14-5-8-16(21)17(22)9-14/h3-9H,10-11H2,1-2H3,(H,23,24,25). The van der Waals surface area contributed by atoms with Crippen molar-refractivity contribution in [1.82, 2.24) is 4.98 Å². The van der Waals surface area contributed by atoms with Crippen LogP contribution in [0.5, 0.6) is 5.75 Å². The molecule has 0 radical (unpaired) electrons. The van der Waals surface area contributed by atoms with Crippen LogP contribution in [-0.2, 0) is 11.2 Å². The van der Waals surface area contributed by atoms with Gasteiger partial charge >= 0.3 is 0 Å². The molecule has 0 bridgehead atoms. The van der Waals surface area contributed by atoms with Crippen molar-refractivity contribution in [2.45, 2.75) is 20.3 Å². The molecule has 0 atom stereocenters. The molecule has 1 N–H and O–H groups in total. The summed E-state index contributed by atoms with van der Waals surface area (Å²) in [7, 11) is 0. The molecule has 2 aromatic carbocycles. The molecule has 1 heterocycles. The number of nitrogens with one attached hydrogen (secondary N) is 1. The van der Waals surface area contributed by atoms with Gasteiger partial charge in [-0.3, -0.25) is 10.1 Å². The lowest BCUT2D eigenvalue weighted by molar-refractivity contribution is -0.118. The summed E-state index contributed by atoms with van der Waals surface area (Å²) in [4.78, 5) is 17.6. The van der Waals surface area contributed by atoms with Crippen LogP contribution in [0.3, 0.4) is 0 Å². The van der Waals surface area contributed by atoms with Crippen molar-refractivity contribution in [3.63, 3.8) is 0 Å². The van der Waals surface area contributed by atoms with Crippen LogP contribution >= 0.6 is 38.9 Å². The van der Waals surface area contributed by atoms with E-state index in [1.54, 1.807) is 0 Å². The van der Waals surface area contributed by atoms with Crippen LogP contribution in [0, 0.1) is 13.8 Å². The second kappa shape index (κ2) is 8.87. The molecule has 0 aliphatic carbocycles. The van der Waals surface area contributed by atoms with E-state index >= 15 is 0 Å². The van der Waals surface area contributed by atoms with Gasteiger partial charge in [-0.2, -0.15) is 0 Å². The molecule has 0 saturated carbocycles. The van der Waals surface area contributed by atoms with Crippen LogP contribution in [0.25, 0.3) is 0 Å². The fourth-order valence-electron chi connectivity index (χ4n) is 2.42. The quantitative estimate of drug-likeness (QED) is 0.502. The first kappa shape index (κ1) is 19.9. The number of benzene rings is 2. The van der Waals surface area contributed by atoms with Crippen LogP contribution < -0.4 is 10.1 Å². The van der Waals surface area contributed by atoms with Crippen molar-refractivity contribution in [3.8, 4) is 5.75 Å². The zero-order valence-corrected chi connectivity index (χ0v) is 18.0. The highest BCUT2D eigenvalue weighted by Gasteiger charge is 2.12. The molecule has 0 unspecified atom stereocenters. The molecule has 3 rings (SSSR count). The second-order valence-corrected chi connectivity index (χ2v) is 8.45. The van der Waals surface area contributed by atoms with E-state index in [-0.39, 0.29) is 12.5 Å². The zero-order valence-electron chi connectivity index (χ0n) is 14.9. The first-order valence-corrected chi connectivity index (χ1v) is 10.3. The number of nitrogens with zero attached hydrogens (tertiary/aromatic N) is 1. The number of hydrogen-bond donors (Lipinski definition) is 1. The number of ether oxygens (including phenoxy) is 1. The maximum Gasteiger partial charge on any atom is 0.264 e. The second-order valence-electron chi connectivity index (χ2n) is 6.10. The minimum Gasteiger partial charge on any atom is -0.484 e. The molecule has 0 aliphatic rings. The highest BCUT2D eigenvalue weighted by Crippen LogP contribution is 2.28. The SMILES string of the molecule is Cc1ccc(OCC(=O)Nc2nc(C)c(Cc3ccc(Br)c(Cl)c3)s2)cc1. The van der Waals surface area contributed by atoms with Crippen LogP contribution in [0.15, 0.2) is 46.9 Å². The number of aromatic nitrogens is 1. The van der Waals surface area contributed by atoms with Gasteiger partial charge in [-0.05, 0) is 59.6 Å². The molecule has 3 aromatic rings. The fourth-order valence-corrected chi connectivity index (χ4v) is 3.88. The Kier molecular flexibility index (Phi) is 6.52. The van der Waals surface area contributed by atoms with E-state index in [4.69, 9.17) is 16.3 Å². The number of carbonyl (C=O) groups is 1. The molecule has 27 heavy (non-hydrogen) atoms. The van der Waals surface area contributed by atoms with E-state index in [0.717, 1.165) is 26.2 Å². The predicted octanol–water partition coefficient (Wildman–Crippen LogP) is 5.78. The third-order valence-electron chi connectivity index (χ3n) is 3.88. The molecule has 0 spiro atoms. The van der Waals surface area contributed by atoms with Gasteiger partial charge in [0.15, 0.2) is 11.7 Å². The number of anilines is 1. The zero-order chi connectivity index (χ0) is 19.4. The molecule has 140 valence electrons. The smallest absolute Gasteiger partial charge is 0.264 e. The van der Waals surface area contributed by atoms with Crippen molar-refractivity contribution in [3.05, 3.63) is 73.7 Å². The molecule has 0 fully saturated rings. The molecule has 0 aliphatic heterocycles. The molecule has 4 nitrogen and oxygen atoms in total. The average molecular weight is 466 g/mol. The summed E-state index contributed by atoms with van der Waals surface area (Å²) < 4.78 is 6.37. The highest BCUT2D eigenvalue weighted by molar-refractivity contribution is 9.10. The Labute approximate surface area is 175 Å². The van der Waals surface area contributed by atoms with Gasteiger partial charge in [0.1, 0.15) is 5.75 Å². The maximum atomic E-state index is 12.1. The lowest BCUT2D eigenvalue weighted by Crippen LogP contribution is -2.20. The fraction of sp³-hybridized carbons (Fsp3) is 0.200. The average Bonchev–Trinajstić information content (AvgIpc) is 2.96. The lowest BCUT2D eigenvalue weighted by atomic mass is 10.1. The molecular weight excluding hydrogens is 448 g/mol. The first-order chi connectivity index (χ1) is 12.9. The van der Waals surface area contributed by atoms with Gasteiger partial charge in [-0.15, -0.1) is 11.3 Å². The Balaban J connectivity index is 1.59. The van der Waals surface area contributed by atoms with Crippen LogP contribution in [0.4, 0.5) is 5.13 Å². The van der Waals surface area contributed by atoms with Gasteiger partial charge in [0.2, 0.25) is 0 Å². The summed E-state index contributed by atoms with van der Waals surface area (Å²) in [5, 5.41) is 4.05. The number of carbonyl (C=O) groups excluding carboxylic acids is 1. The van der Waals surface area contributed by atoms with Gasteiger partial charge in [-0.1, -0.05) is 35.4 Å². The van der Waals surface area contributed by atoms with E-state index in [0.29, 0.717) is 22.3 Å². The summed E-state index contributed by atoms with van der Waals surface area (Å²) in [6.45, 7) is 3.88. The van der Waals surface area contributed by atoms with Gasteiger partial charge in [0.05, 0.1) is 10.7 Å². The summed E-state index contributed by atoms with van der Waals surface area (Å²) in [5.41, 5.74) is 3.13. The lowest BCUT2D eigenvalue weighted by Gasteiger charge is -2.05. The number of thiazole rings is 1. The van der Waals surface area contributed by atoms with Crippen molar-refractivity contribution in [2.75, 3.05) is 11.9 Å². The van der Waals surface area contributed by atoms with Gasteiger partial charge in [0, 0.05) is 15.8 Å². The van der Waals surface area contributed by atoms with Crippen molar-refractivity contribution < 1.29 is 9.53 Å². The number of aryl methyl sites for hydroxylation is 2. The minimum atomic E-state index is -0.234. The summed E-state index contributed by atoms with van der Waals surface area (Å²) in [6.07, 6.45) is 0.715. The summed E-state index contributed by atoms with van der Waals surface area (Å²) in [6, 6.07) is 13.5. The molecule has 1 aromatic heterocycles. The van der Waals surface area contributed by atoms with Gasteiger partial charge in [-0.25, -0.2) is 4.98 Å². The number of rotatable bonds is 6. The molecule has 1 amide bonds. The Bertz CT molecular complexity index is 957. The van der Waals surface area contributed by atoms with Crippen LogP contribution in [0.1, 0.15) is 21.7 Å². The maximum absolute atomic E-state index is 12.1. The van der Waals surface area contributed by atoms with Crippen molar-refractivity contribution in [2.24, 2.45) is 0 Å². The topological polar surface area (TPSA) is 51.2 Å². The van der Waals surface area contributed by atoms with E-state index < -0.39 is 0 Å². The third kappa shape index (κ3) is 5.54. The van der Waals surface area contributed by atoms with E-state index in [2.05, 4.69) is 26.2 Å². The van der Waals surface area contributed by atoms with Crippen molar-refractivity contribution in [1.29, 1.82) is 0 Å². The molecular formula is C20H18BrClN2O2S. The Morgan fingerprint density at radius 1 is 1.22 bits per heavy atom. The van der Waals surface area contributed by atoms with Gasteiger partial charge in [0.25, 0.3) is 5.91 Å². The Hall–Kier alpha value is -1.89. The summed E-state index contributed by atoms with van der Waals surface area (Å²) >= 11 is 11.0. The minimum absolute atomic E-state index is 0.0562. The first-order valence-electron chi connectivity index (χ1n) is 8.30. The van der Waals surface area contributed by atoms with Crippen molar-refractivity contribution >= 4 is 49.9 Å². The molecule has 7 heteroatoms. The van der Waals surface area contributed by atoms with Gasteiger partial charge < -0.3 is 4.74 Å². The third-order valence-corrected chi connectivity index (χ3v) is 6.18. The van der Waals surface area contributed by atoms with E-state index in [9.17, 15) is 4.79 Å². The predicted molar refractivity (Wildman–Crippen MR) is 114 cm³/mol. The van der Waals surface area contributed by atoms with E-state index in [1.807, 2.05) is 56.3 Å². The number of halogens is 2. The van der Waals surface area contributed by atoms with Crippen LogP contribution in [0.2, 0.25) is 5.02 Å². The van der Waals surface area contributed by atoms with E-state index in [1.165, 1.54) is 11.3 Å².